The number of terminal acetylenes is 1. The third-order valence-corrected chi connectivity index (χ3v) is 2.80. The molecule has 0 aromatic carbocycles. The van der Waals surface area contributed by atoms with E-state index in [0.717, 1.165) is 10.6 Å². The predicted octanol–water partition coefficient (Wildman–Crippen LogP) is 2.23. The normalized spacial score (nSPS) is 9.60. The van der Waals surface area contributed by atoms with E-state index in [9.17, 15) is 0 Å². The highest BCUT2D eigenvalue weighted by molar-refractivity contribution is 7.13. The minimum Gasteiger partial charge on any atom is -0.273 e. The van der Waals surface area contributed by atoms with Gasteiger partial charge in [0.1, 0.15) is 0 Å². The zero-order valence-corrected chi connectivity index (χ0v) is 9.03. The van der Waals surface area contributed by atoms with E-state index in [0.29, 0.717) is 5.95 Å². The molecule has 74 valence electrons. The van der Waals surface area contributed by atoms with Crippen molar-refractivity contribution in [1.82, 2.24) is 9.97 Å². The molecule has 0 radical (unpaired) electrons. The molecule has 0 bridgehead atoms. The van der Waals surface area contributed by atoms with Crippen molar-refractivity contribution in [3.05, 3.63) is 29.8 Å². The van der Waals surface area contributed by atoms with Gasteiger partial charge in [-0.05, 0) is 17.5 Å². The van der Waals surface area contributed by atoms with Crippen LogP contribution in [-0.2, 0) is 0 Å². The molecular formula is C11H9N3S. The number of thiophene rings is 1. The van der Waals surface area contributed by atoms with E-state index in [1.165, 1.54) is 0 Å². The summed E-state index contributed by atoms with van der Waals surface area (Å²) in [5, 5.41) is 2.02. The van der Waals surface area contributed by atoms with E-state index < -0.39 is 0 Å². The molecule has 0 saturated heterocycles. The van der Waals surface area contributed by atoms with E-state index in [1.54, 1.807) is 29.5 Å². The Kier molecular flexibility index (Phi) is 2.66. The van der Waals surface area contributed by atoms with Crippen LogP contribution in [0.5, 0.6) is 0 Å². The molecule has 0 atom stereocenters. The number of anilines is 1. The van der Waals surface area contributed by atoms with Crippen LogP contribution in [0.25, 0.3) is 10.6 Å². The Morgan fingerprint density at radius 3 is 3.00 bits per heavy atom. The maximum Gasteiger partial charge on any atom is 0.237 e. The van der Waals surface area contributed by atoms with Crippen LogP contribution in [0, 0.1) is 12.5 Å². The van der Waals surface area contributed by atoms with Crippen LogP contribution < -0.4 is 4.90 Å². The van der Waals surface area contributed by atoms with Gasteiger partial charge in [0.05, 0.1) is 10.6 Å². The van der Waals surface area contributed by atoms with Crippen molar-refractivity contribution in [1.29, 1.82) is 0 Å². The van der Waals surface area contributed by atoms with Crippen molar-refractivity contribution in [3.8, 4) is 23.0 Å². The first kappa shape index (κ1) is 9.69. The second-order valence-electron chi connectivity index (χ2n) is 2.91. The number of aromatic nitrogens is 2. The van der Waals surface area contributed by atoms with E-state index in [-0.39, 0.29) is 0 Å². The topological polar surface area (TPSA) is 29.0 Å². The molecular weight excluding hydrogens is 206 g/mol. The Morgan fingerprint density at radius 1 is 1.47 bits per heavy atom. The second-order valence-corrected chi connectivity index (χ2v) is 3.85. The highest BCUT2D eigenvalue weighted by Crippen LogP contribution is 2.23. The van der Waals surface area contributed by atoms with Gasteiger partial charge < -0.3 is 0 Å². The predicted molar refractivity (Wildman–Crippen MR) is 62.6 cm³/mol. The van der Waals surface area contributed by atoms with Crippen LogP contribution in [0.3, 0.4) is 0 Å². The van der Waals surface area contributed by atoms with Crippen molar-refractivity contribution in [2.75, 3.05) is 11.9 Å². The Balaban J connectivity index is 2.40. The Morgan fingerprint density at radius 2 is 2.33 bits per heavy atom. The van der Waals surface area contributed by atoms with E-state index in [4.69, 9.17) is 6.42 Å². The molecule has 15 heavy (non-hydrogen) atoms. The molecule has 0 saturated carbocycles. The third kappa shape index (κ3) is 1.97. The largest absolute Gasteiger partial charge is 0.273 e. The van der Waals surface area contributed by atoms with E-state index in [2.05, 4.69) is 16.0 Å². The molecule has 2 heterocycles. The van der Waals surface area contributed by atoms with Gasteiger partial charge in [-0.25, -0.2) is 9.97 Å². The molecule has 0 aliphatic heterocycles. The third-order valence-electron chi connectivity index (χ3n) is 1.91. The fourth-order valence-corrected chi connectivity index (χ4v) is 1.82. The monoisotopic (exact) mass is 215 g/mol. The van der Waals surface area contributed by atoms with Gasteiger partial charge in [0.15, 0.2) is 0 Å². The van der Waals surface area contributed by atoms with Crippen LogP contribution in [0.4, 0.5) is 5.95 Å². The standard InChI is InChI=1S/C11H9N3S/c1-3-14(2)11-12-7-6-9(13-11)10-5-4-8-15-10/h1,4-8H,2H3. The summed E-state index contributed by atoms with van der Waals surface area (Å²) in [5.74, 6) is 0.545. The SMILES string of the molecule is C#CN(C)c1nccc(-c2cccs2)n1. The van der Waals surface area contributed by atoms with Gasteiger partial charge in [-0.3, -0.25) is 4.90 Å². The summed E-state index contributed by atoms with van der Waals surface area (Å²) in [6.45, 7) is 0. The average molecular weight is 215 g/mol. The van der Waals surface area contributed by atoms with Gasteiger partial charge in [0.2, 0.25) is 5.95 Å². The highest BCUT2D eigenvalue weighted by Gasteiger charge is 2.04. The molecule has 2 aromatic rings. The summed E-state index contributed by atoms with van der Waals surface area (Å²) in [6.07, 6.45) is 6.98. The summed E-state index contributed by atoms with van der Waals surface area (Å²) in [5.41, 5.74) is 0.900. The minimum atomic E-state index is 0.545. The molecule has 0 fully saturated rings. The first-order valence-corrected chi connectivity index (χ1v) is 5.26. The van der Waals surface area contributed by atoms with Gasteiger partial charge in [0.25, 0.3) is 0 Å². The van der Waals surface area contributed by atoms with Crippen molar-refractivity contribution < 1.29 is 0 Å². The summed E-state index contributed by atoms with van der Waals surface area (Å²) in [4.78, 5) is 11.1. The number of hydrogen-bond acceptors (Lipinski definition) is 4. The van der Waals surface area contributed by atoms with Crippen LogP contribution in [0.15, 0.2) is 29.8 Å². The van der Waals surface area contributed by atoms with Crippen LogP contribution in [-0.4, -0.2) is 17.0 Å². The molecule has 3 nitrogen and oxygen atoms in total. The average Bonchev–Trinajstić information content (AvgIpc) is 2.82. The van der Waals surface area contributed by atoms with Gasteiger partial charge >= 0.3 is 0 Å². The lowest BCUT2D eigenvalue weighted by atomic mass is 10.3. The van der Waals surface area contributed by atoms with Crippen molar-refractivity contribution in [3.63, 3.8) is 0 Å². The zero-order chi connectivity index (χ0) is 10.7. The first-order chi connectivity index (χ1) is 7.31. The fourth-order valence-electron chi connectivity index (χ4n) is 1.13. The maximum atomic E-state index is 5.27. The lowest BCUT2D eigenvalue weighted by molar-refractivity contribution is 1.06. The van der Waals surface area contributed by atoms with E-state index >= 15 is 0 Å². The minimum absolute atomic E-state index is 0.545. The van der Waals surface area contributed by atoms with Gasteiger partial charge in [-0.15, -0.1) is 11.3 Å². The first-order valence-electron chi connectivity index (χ1n) is 4.38. The summed E-state index contributed by atoms with van der Waals surface area (Å²) in [6, 6.07) is 8.35. The van der Waals surface area contributed by atoms with Crippen molar-refractivity contribution in [2.45, 2.75) is 0 Å². The molecule has 0 aliphatic rings. The molecule has 0 amide bonds. The molecule has 0 aliphatic carbocycles. The Bertz CT molecular complexity index is 485. The van der Waals surface area contributed by atoms with Crippen molar-refractivity contribution in [2.24, 2.45) is 0 Å². The molecule has 2 aromatic heterocycles. The van der Waals surface area contributed by atoms with Crippen LogP contribution >= 0.6 is 11.3 Å². The molecule has 0 unspecified atom stereocenters. The summed E-state index contributed by atoms with van der Waals surface area (Å²) in [7, 11) is 1.76. The van der Waals surface area contributed by atoms with Crippen LogP contribution in [0.2, 0.25) is 0 Å². The lowest BCUT2D eigenvalue weighted by Crippen LogP contribution is -2.11. The number of hydrogen-bond donors (Lipinski definition) is 0. The Hall–Kier alpha value is -1.86. The second kappa shape index (κ2) is 4.11. The van der Waals surface area contributed by atoms with Crippen LogP contribution in [0.1, 0.15) is 0 Å². The molecule has 2 rings (SSSR count). The maximum absolute atomic E-state index is 5.27. The summed E-state index contributed by atoms with van der Waals surface area (Å²) < 4.78 is 0. The number of nitrogens with zero attached hydrogens (tertiary/aromatic N) is 3. The zero-order valence-electron chi connectivity index (χ0n) is 8.21. The summed E-state index contributed by atoms with van der Waals surface area (Å²) >= 11 is 1.64. The molecule has 0 N–H and O–H groups in total. The molecule has 0 spiro atoms. The van der Waals surface area contributed by atoms with Crippen molar-refractivity contribution >= 4 is 17.3 Å². The Labute approximate surface area is 92.4 Å². The van der Waals surface area contributed by atoms with Gasteiger partial charge in [-0.2, -0.15) is 0 Å². The lowest BCUT2D eigenvalue weighted by Gasteiger charge is -2.08. The fraction of sp³-hybridized carbons (Fsp3) is 0.0909. The number of rotatable bonds is 2. The van der Waals surface area contributed by atoms with Gasteiger partial charge in [-0.1, -0.05) is 12.5 Å². The smallest absolute Gasteiger partial charge is 0.237 e. The van der Waals surface area contributed by atoms with E-state index in [1.807, 2.05) is 23.6 Å². The quantitative estimate of drug-likeness (QED) is 0.568. The van der Waals surface area contributed by atoms with Gasteiger partial charge in [0, 0.05) is 19.3 Å². The highest BCUT2D eigenvalue weighted by atomic mass is 32.1. The molecule has 4 heteroatoms.